The lowest BCUT2D eigenvalue weighted by Gasteiger charge is -2.18. The zero-order valence-corrected chi connectivity index (χ0v) is 10.9. The Kier molecular flexibility index (Phi) is 4.20. The van der Waals surface area contributed by atoms with Gasteiger partial charge in [-0.2, -0.15) is 0 Å². The van der Waals surface area contributed by atoms with Gasteiger partial charge in [-0.25, -0.2) is 0 Å². The summed E-state index contributed by atoms with van der Waals surface area (Å²) in [6.07, 6.45) is 1.58. The summed E-state index contributed by atoms with van der Waals surface area (Å²) in [4.78, 5) is 11.1. The quantitative estimate of drug-likeness (QED) is 0.832. The molecular formula is C14H20N2O2. The van der Waals surface area contributed by atoms with E-state index in [0.717, 1.165) is 18.7 Å². The van der Waals surface area contributed by atoms with Gasteiger partial charge in [0.05, 0.1) is 7.11 Å². The summed E-state index contributed by atoms with van der Waals surface area (Å²) in [5, 5.41) is 6.40. The van der Waals surface area contributed by atoms with Crippen LogP contribution in [0.5, 0.6) is 5.75 Å². The average molecular weight is 248 g/mol. The van der Waals surface area contributed by atoms with E-state index in [4.69, 9.17) is 4.74 Å². The van der Waals surface area contributed by atoms with E-state index in [-0.39, 0.29) is 18.0 Å². The minimum absolute atomic E-state index is 0.163. The van der Waals surface area contributed by atoms with Gasteiger partial charge in [0.15, 0.2) is 0 Å². The van der Waals surface area contributed by atoms with E-state index in [1.165, 1.54) is 5.56 Å². The number of methoxy groups -OCH3 is 1. The second-order valence-corrected chi connectivity index (χ2v) is 4.71. The zero-order chi connectivity index (χ0) is 13.0. The lowest BCUT2D eigenvalue weighted by Crippen LogP contribution is -2.36. The van der Waals surface area contributed by atoms with Crippen LogP contribution in [0, 0.1) is 0 Å². The Morgan fingerprint density at radius 1 is 1.56 bits per heavy atom. The Labute approximate surface area is 108 Å². The van der Waals surface area contributed by atoms with Crippen molar-refractivity contribution in [2.24, 2.45) is 0 Å². The van der Waals surface area contributed by atoms with Crippen molar-refractivity contribution in [2.75, 3.05) is 13.7 Å². The van der Waals surface area contributed by atoms with Gasteiger partial charge in [0.2, 0.25) is 5.91 Å². The standard InChI is InChI=1S/C14H20N2O2/c1-10(11-4-3-5-13(8-11)18-2)15-9-12-6-7-14(17)16-12/h3-5,8,10,12,15H,6-7,9H2,1-2H3,(H,16,17). The summed E-state index contributed by atoms with van der Waals surface area (Å²) in [6.45, 7) is 2.93. The van der Waals surface area contributed by atoms with Crippen LogP contribution in [0.4, 0.5) is 0 Å². The van der Waals surface area contributed by atoms with Crippen LogP contribution in [-0.2, 0) is 4.79 Å². The molecule has 2 unspecified atom stereocenters. The summed E-state index contributed by atoms with van der Waals surface area (Å²) < 4.78 is 5.21. The lowest BCUT2D eigenvalue weighted by atomic mass is 10.1. The highest BCUT2D eigenvalue weighted by molar-refractivity contribution is 5.78. The number of benzene rings is 1. The lowest BCUT2D eigenvalue weighted by molar-refractivity contribution is -0.119. The third-order valence-electron chi connectivity index (χ3n) is 3.35. The largest absolute Gasteiger partial charge is 0.497 e. The highest BCUT2D eigenvalue weighted by Gasteiger charge is 2.20. The van der Waals surface area contributed by atoms with Crippen LogP contribution in [0.25, 0.3) is 0 Å². The van der Waals surface area contributed by atoms with Gasteiger partial charge >= 0.3 is 0 Å². The molecule has 0 spiro atoms. The van der Waals surface area contributed by atoms with Crippen LogP contribution in [0.15, 0.2) is 24.3 Å². The molecule has 0 saturated carbocycles. The SMILES string of the molecule is COc1cccc(C(C)NCC2CCC(=O)N2)c1. The van der Waals surface area contributed by atoms with E-state index in [1.54, 1.807) is 7.11 Å². The first-order valence-electron chi connectivity index (χ1n) is 6.35. The molecule has 0 bridgehead atoms. The first-order valence-corrected chi connectivity index (χ1v) is 6.35. The minimum atomic E-state index is 0.163. The third-order valence-corrected chi connectivity index (χ3v) is 3.35. The Balaban J connectivity index is 1.86. The van der Waals surface area contributed by atoms with Crippen molar-refractivity contribution in [1.82, 2.24) is 10.6 Å². The van der Waals surface area contributed by atoms with Crippen molar-refractivity contribution >= 4 is 5.91 Å². The first kappa shape index (κ1) is 12.9. The maximum atomic E-state index is 11.1. The molecule has 2 atom stereocenters. The summed E-state index contributed by atoms with van der Waals surface area (Å²) in [6, 6.07) is 8.55. The van der Waals surface area contributed by atoms with E-state index < -0.39 is 0 Å². The van der Waals surface area contributed by atoms with Gasteiger partial charge in [0.1, 0.15) is 5.75 Å². The number of hydrogen-bond acceptors (Lipinski definition) is 3. The fourth-order valence-electron chi connectivity index (χ4n) is 2.18. The number of nitrogens with one attached hydrogen (secondary N) is 2. The van der Waals surface area contributed by atoms with Gasteiger partial charge in [-0.3, -0.25) is 4.79 Å². The molecule has 1 aliphatic rings. The van der Waals surface area contributed by atoms with Gasteiger partial charge in [-0.15, -0.1) is 0 Å². The fraction of sp³-hybridized carbons (Fsp3) is 0.500. The molecule has 2 rings (SSSR count). The average Bonchev–Trinajstić information content (AvgIpc) is 2.82. The molecule has 0 aliphatic carbocycles. The molecule has 98 valence electrons. The third kappa shape index (κ3) is 3.23. The van der Waals surface area contributed by atoms with Crippen molar-refractivity contribution in [2.45, 2.75) is 31.8 Å². The van der Waals surface area contributed by atoms with Crippen molar-refractivity contribution in [3.63, 3.8) is 0 Å². The molecule has 18 heavy (non-hydrogen) atoms. The molecule has 2 N–H and O–H groups in total. The molecule has 0 radical (unpaired) electrons. The number of carbonyl (C=O) groups excluding carboxylic acids is 1. The number of rotatable bonds is 5. The van der Waals surface area contributed by atoms with E-state index in [0.29, 0.717) is 6.42 Å². The van der Waals surface area contributed by atoms with Crippen molar-refractivity contribution in [3.05, 3.63) is 29.8 Å². The molecule has 4 nitrogen and oxygen atoms in total. The zero-order valence-electron chi connectivity index (χ0n) is 10.9. The number of ether oxygens (including phenoxy) is 1. The van der Waals surface area contributed by atoms with Crippen molar-refractivity contribution in [1.29, 1.82) is 0 Å². The summed E-state index contributed by atoms with van der Waals surface area (Å²) >= 11 is 0. The molecular weight excluding hydrogens is 228 g/mol. The van der Waals surface area contributed by atoms with E-state index >= 15 is 0 Å². The smallest absolute Gasteiger partial charge is 0.220 e. The Hall–Kier alpha value is -1.55. The molecule has 1 fully saturated rings. The minimum Gasteiger partial charge on any atom is -0.497 e. The van der Waals surface area contributed by atoms with Crippen LogP contribution >= 0.6 is 0 Å². The number of amides is 1. The predicted octanol–water partition coefficient (Wildman–Crippen LogP) is 1.62. The Bertz CT molecular complexity index is 420. The summed E-state index contributed by atoms with van der Waals surface area (Å²) in [7, 11) is 1.67. The van der Waals surface area contributed by atoms with E-state index in [9.17, 15) is 4.79 Å². The molecule has 1 saturated heterocycles. The second kappa shape index (κ2) is 5.87. The van der Waals surface area contributed by atoms with Gasteiger partial charge in [-0.05, 0) is 31.0 Å². The molecule has 0 aromatic heterocycles. The first-order chi connectivity index (χ1) is 8.69. The summed E-state index contributed by atoms with van der Waals surface area (Å²) in [5.41, 5.74) is 1.19. The van der Waals surface area contributed by atoms with Crippen LogP contribution in [-0.4, -0.2) is 25.6 Å². The van der Waals surface area contributed by atoms with Crippen LogP contribution in [0.1, 0.15) is 31.4 Å². The Morgan fingerprint density at radius 2 is 2.39 bits per heavy atom. The van der Waals surface area contributed by atoms with Crippen molar-refractivity contribution in [3.8, 4) is 5.75 Å². The van der Waals surface area contributed by atoms with E-state index in [2.05, 4.69) is 23.6 Å². The van der Waals surface area contributed by atoms with Gasteiger partial charge < -0.3 is 15.4 Å². The maximum Gasteiger partial charge on any atom is 0.220 e. The molecule has 1 aromatic rings. The van der Waals surface area contributed by atoms with Gasteiger partial charge in [-0.1, -0.05) is 12.1 Å². The Morgan fingerprint density at radius 3 is 3.06 bits per heavy atom. The number of carbonyl (C=O) groups is 1. The normalized spacial score (nSPS) is 20.6. The molecule has 1 aromatic carbocycles. The van der Waals surface area contributed by atoms with E-state index in [1.807, 2.05) is 18.2 Å². The monoisotopic (exact) mass is 248 g/mol. The topological polar surface area (TPSA) is 50.4 Å². The van der Waals surface area contributed by atoms with Crippen LogP contribution in [0.3, 0.4) is 0 Å². The molecule has 1 amide bonds. The van der Waals surface area contributed by atoms with Gasteiger partial charge in [0.25, 0.3) is 0 Å². The maximum absolute atomic E-state index is 11.1. The predicted molar refractivity (Wildman–Crippen MR) is 70.6 cm³/mol. The molecule has 1 heterocycles. The fourth-order valence-corrected chi connectivity index (χ4v) is 2.18. The highest BCUT2D eigenvalue weighted by Crippen LogP contribution is 2.19. The van der Waals surface area contributed by atoms with Crippen molar-refractivity contribution < 1.29 is 9.53 Å². The molecule has 4 heteroatoms. The molecule has 1 aliphatic heterocycles. The van der Waals surface area contributed by atoms with Gasteiger partial charge in [0, 0.05) is 25.0 Å². The van der Waals surface area contributed by atoms with Crippen LogP contribution in [0.2, 0.25) is 0 Å². The highest BCUT2D eigenvalue weighted by atomic mass is 16.5. The summed E-state index contributed by atoms with van der Waals surface area (Å²) in [5.74, 6) is 1.03. The second-order valence-electron chi connectivity index (χ2n) is 4.71. The number of hydrogen-bond donors (Lipinski definition) is 2. The van der Waals surface area contributed by atoms with Crippen LogP contribution < -0.4 is 15.4 Å².